The molecule has 0 aliphatic rings. The van der Waals surface area contributed by atoms with E-state index in [0.29, 0.717) is 18.3 Å². The average molecular weight is 664 g/mol. The van der Waals surface area contributed by atoms with Crippen molar-refractivity contribution in [1.29, 1.82) is 0 Å². The van der Waals surface area contributed by atoms with Crippen LogP contribution in [0.1, 0.15) is 59.0 Å². The number of furan rings is 1. The molecule has 0 unspecified atom stereocenters. The first-order chi connectivity index (χ1) is 16.0. The number of carbonyl (C=O) groups is 1. The molecule has 0 bridgehead atoms. The molecular formula is C28H26I2O3. The summed E-state index contributed by atoms with van der Waals surface area (Å²) in [5.74, 6) is 0.936. The summed E-state index contributed by atoms with van der Waals surface area (Å²) >= 11 is 4.14. The fraction of sp³-hybridized carbons (Fsp3) is 0.250. The van der Waals surface area contributed by atoms with Crippen LogP contribution in [0.3, 0.4) is 0 Å². The van der Waals surface area contributed by atoms with E-state index in [0.717, 1.165) is 55.3 Å². The zero-order valence-electron chi connectivity index (χ0n) is 18.5. The molecule has 0 radical (unpaired) electrons. The largest absolute Gasteiger partial charge is 0.506 e. The van der Waals surface area contributed by atoms with E-state index in [1.54, 1.807) is 12.1 Å². The Kier molecular flexibility index (Phi) is 8.11. The maximum Gasteiger partial charge on any atom is 0.197 e. The molecule has 0 spiro atoms. The number of halogens is 2. The molecule has 0 saturated carbocycles. The fourth-order valence-electron chi connectivity index (χ4n) is 4.08. The lowest BCUT2D eigenvalue weighted by atomic mass is 9.97. The molecule has 1 heterocycles. The topological polar surface area (TPSA) is 50.4 Å². The Morgan fingerprint density at radius 1 is 0.879 bits per heavy atom. The van der Waals surface area contributed by atoms with Crippen LogP contribution in [-0.2, 0) is 19.3 Å². The highest BCUT2D eigenvalue weighted by Gasteiger charge is 2.23. The van der Waals surface area contributed by atoms with Gasteiger partial charge >= 0.3 is 0 Å². The van der Waals surface area contributed by atoms with Crippen LogP contribution in [0.25, 0.3) is 11.0 Å². The molecular weight excluding hydrogens is 638 g/mol. The minimum Gasteiger partial charge on any atom is -0.506 e. The molecule has 3 aromatic carbocycles. The van der Waals surface area contributed by atoms with Gasteiger partial charge in [0.05, 0.1) is 12.7 Å². The second kappa shape index (κ2) is 11.0. The first-order valence-electron chi connectivity index (χ1n) is 11.3. The highest BCUT2D eigenvalue weighted by molar-refractivity contribution is 14.1. The van der Waals surface area contributed by atoms with Crippen molar-refractivity contribution in [2.75, 3.05) is 0 Å². The molecule has 4 aromatic rings. The van der Waals surface area contributed by atoms with Crippen LogP contribution in [0, 0.1) is 7.14 Å². The number of hydrogen-bond donors (Lipinski definition) is 1. The molecule has 170 valence electrons. The van der Waals surface area contributed by atoms with Crippen LogP contribution >= 0.6 is 45.2 Å². The summed E-state index contributed by atoms with van der Waals surface area (Å²) in [5.41, 5.74) is 4.53. The molecule has 33 heavy (non-hydrogen) atoms. The van der Waals surface area contributed by atoms with Gasteiger partial charge in [-0.3, -0.25) is 4.79 Å². The smallest absolute Gasteiger partial charge is 0.197 e. The maximum absolute atomic E-state index is 13.6. The Morgan fingerprint density at radius 2 is 1.58 bits per heavy atom. The minimum absolute atomic E-state index is 0.0480. The number of hydrogen-bond acceptors (Lipinski definition) is 3. The van der Waals surface area contributed by atoms with E-state index in [9.17, 15) is 9.90 Å². The summed E-state index contributed by atoms with van der Waals surface area (Å²) in [4.78, 5) is 13.6. The molecule has 0 atom stereocenters. The number of phenolic OH excluding ortho intramolecular Hbond substituents is 1. The van der Waals surface area contributed by atoms with Gasteiger partial charge in [0.15, 0.2) is 5.78 Å². The van der Waals surface area contributed by atoms with Crippen LogP contribution in [0.15, 0.2) is 65.1 Å². The first kappa shape index (κ1) is 24.3. The van der Waals surface area contributed by atoms with E-state index < -0.39 is 0 Å². The SMILES string of the molecule is CCCCCc1oc2cc(CCc3ccccc3)ccc2c1C(=O)c1cc(I)c(O)c(I)c1. The number of carbonyl (C=O) groups excluding carboxylic acids is 1. The van der Waals surface area contributed by atoms with E-state index in [1.807, 2.05) is 12.1 Å². The Bertz CT molecular complexity index is 1250. The van der Waals surface area contributed by atoms with Crippen LogP contribution in [0.4, 0.5) is 0 Å². The van der Waals surface area contributed by atoms with E-state index in [-0.39, 0.29) is 11.5 Å². The van der Waals surface area contributed by atoms with Crippen LogP contribution < -0.4 is 0 Å². The van der Waals surface area contributed by atoms with E-state index in [1.165, 1.54) is 11.1 Å². The van der Waals surface area contributed by atoms with Gasteiger partial charge in [-0.1, -0.05) is 62.2 Å². The molecule has 0 aliphatic carbocycles. The molecule has 3 nitrogen and oxygen atoms in total. The monoisotopic (exact) mass is 664 g/mol. The van der Waals surface area contributed by atoms with Gasteiger partial charge in [-0.15, -0.1) is 0 Å². The van der Waals surface area contributed by atoms with Crippen molar-refractivity contribution in [3.05, 3.63) is 95.8 Å². The van der Waals surface area contributed by atoms with Gasteiger partial charge in [-0.2, -0.15) is 0 Å². The van der Waals surface area contributed by atoms with Gasteiger partial charge in [0.25, 0.3) is 0 Å². The molecule has 0 fully saturated rings. The lowest BCUT2D eigenvalue weighted by Gasteiger charge is -2.07. The van der Waals surface area contributed by atoms with Crippen molar-refractivity contribution in [1.82, 2.24) is 0 Å². The minimum atomic E-state index is -0.0480. The predicted octanol–water partition coefficient (Wildman–Crippen LogP) is 8.10. The first-order valence-corrected chi connectivity index (χ1v) is 13.4. The second-order valence-corrected chi connectivity index (χ2v) is 10.6. The molecule has 0 amide bonds. The lowest BCUT2D eigenvalue weighted by Crippen LogP contribution is -2.05. The summed E-state index contributed by atoms with van der Waals surface area (Å²) in [6, 6.07) is 20.2. The van der Waals surface area contributed by atoms with E-state index >= 15 is 0 Å². The Morgan fingerprint density at radius 3 is 2.27 bits per heavy atom. The normalized spacial score (nSPS) is 11.2. The fourth-order valence-corrected chi connectivity index (χ4v) is 5.85. The van der Waals surface area contributed by atoms with Gasteiger partial charge in [0, 0.05) is 17.4 Å². The summed E-state index contributed by atoms with van der Waals surface area (Å²) < 4.78 is 7.64. The summed E-state index contributed by atoms with van der Waals surface area (Å²) in [7, 11) is 0. The number of phenols is 1. The third-order valence-electron chi connectivity index (χ3n) is 5.89. The standard InChI is InChI=1S/C28H26I2O3/c1-2-3-5-10-24-26(27(31)20-16-22(29)28(32)23(30)17-20)21-14-13-19(15-25(21)33-24)12-11-18-8-6-4-7-9-18/h4,6-9,13-17,32H,2-3,5,10-12H2,1H3. The Labute approximate surface area is 221 Å². The van der Waals surface area contributed by atoms with Gasteiger partial charge in [0.2, 0.25) is 0 Å². The molecule has 1 N–H and O–H groups in total. The molecule has 4 rings (SSSR count). The van der Waals surface area contributed by atoms with E-state index in [4.69, 9.17) is 4.42 Å². The molecule has 5 heteroatoms. The number of aromatic hydroxyl groups is 1. The van der Waals surface area contributed by atoms with Gasteiger partial charge in [0.1, 0.15) is 17.1 Å². The van der Waals surface area contributed by atoms with Crippen molar-refractivity contribution in [2.45, 2.75) is 45.4 Å². The number of ketones is 1. The van der Waals surface area contributed by atoms with Crippen molar-refractivity contribution in [3.8, 4) is 5.75 Å². The van der Waals surface area contributed by atoms with Crippen LogP contribution in [-0.4, -0.2) is 10.9 Å². The summed E-state index contributed by atoms with van der Waals surface area (Å²) in [6.45, 7) is 2.17. The highest BCUT2D eigenvalue weighted by Crippen LogP contribution is 2.33. The van der Waals surface area contributed by atoms with Crippen LogP contribution in [0.5, 0.6) is 5.75 Å². The third-order valence-corrected chi connectivity index (χ3v) is 7.53. The second-order valence-electron chi connectivity index (χ2n) is 8.29. The third kappa shape index (κ3) is 5.62. The lowest BCUT2D eigenvalue weighted by molar-refractivity contribution is 0.103. The molecule has 0 aliphatic heterocycles. The summed E-state index contributed by atoms with van der Waals surface area (Å²) in [5, 5.41) is 11.0. The van der Waals surface area contributed by atoms with Gasteiger partial charge in [-0.25, -0.2) is 0 Å². The predicted molar refractivity (Wildman–Crippen MR) is 150 cm³/mol. The Balaban J connectivity index is 1.70. The van der Waals surface area contributed by atoms with Gasteiger partial charge < -0.3 is 9.52 Å². The number of benzene rings is 3. The van der Waals surface area contributed by atoms with Crippen molar-refractivity contribution < 1.29 is 14.3 Å². The average Bonchev–Trinajstić information content (AvgIpc) is 3.18. The van der Waals surface area contributed by atoms with Gasteiger partial charge in [-0.05, 0) is 93.8 Å². The zero-order chi connectivity index (χ0) is 23.4. The zero-order valence-corrected chi connectivity index (χ0v) is 22.9. The van der Waals surface area contributed by atoms with E-state index in [2.05, 4.69) is 88.5 Å². The number of fused-ring (bicyclic) bond motifs is 1. The van der Waals surface area contributed by atoms with Crippen molar-refractivity contribution in [3.63, 3.8) is 0 Å². The van der Waals surface area contributed by atoms with Crippen molar-refractivity contribution >= 4 is 61.9 Å². The highest BCUT2D eigenvalue weighted by atomic mass is 127. The van der Waals surface area contributed by atoms with Crippen molar-refractivity contribution in [2.24, 2.45) is 0 Å². The number of unbranched alkanes of at least 4 members (excludes halogenated alkanes) is 2. The molecule has 1 aromatic heterocycles. The quantitative estimate of drug-likeness (QED) is 0.112. The van der Waals surface area contributed by atoms with Crippen LogP contribution in [0.2, 0.25) is 0 Å². The summed E-state index contributed by atoms with van der Waals surface area (Å²) in [6.07, 6.45) is 5.83. The maximum atomic E-state index is 13.6. The number of rotatable bonds is 9. The number of aryl methyl sites for hydroxylation is 3. The molecule has 0 saturated heterocycles. The Hall–Kier alpha value is -1.87.